The molecule has 2 aromatic carbocycles. The summed E-state index contributed by atoms with van der Waals surface area (Å²) in [5, 5.41) is 6.63. The Labute approximate surface area is 149 Å². The number of halogens is 1. The quantitative estimate of drug-likeness (QED) is 0.705. The van der Waals surface area contributed by atoms with Crippen LogP contribution in [-0.2, 0) is 10.2 Å². The lowest BCUT2D eigenvalue weighted by Crippen LogP contribution is -2.27. The van der Waals surface area contributed by atoms with Crippen molar-refractivity contribution in [2.75, 3.05) is 5.32 Å². The Kier molecular flexibility index (Phi) is 3.87. The minimum atomic E-state index is -0.432. The largest absolute Gasteiger partial charge is 0.325 e. The maximum absolute atomic E-state index is 12.8. The first kappa shape index (κ1) is 15.4. The Morgan fingerprint density at radius 3 is 2.58 bits per heavy atom. The van der Waals surface area contributed by atoms with Gasteiger partial charge in [-0.1, -0.05) is 23.7 Å². The van der Waals surface area contributed by atoms with E-state index in [0.717, 1.165) is 34.7 Å². The SMILES string of the molecule is O=C(Nc1ccc(-c2nccs2)cc1)C1(c2cccc(Cl)c2)CC1. The summed E-state index contributed by atoms with van der Waals surface area (Å²) in [5.74, 6) is 0.0340. The normalized spacial score (nSPS) is 15.0. The first-order valence-corrected chi connectivity index (χ1v) is 9.01. The molecular formula is C19H15ClN2OS. The van der Waals surface area contributed by atoms with Crippen LogP contribution in [0.5, 0.6) is 0 Å². The van der Waals surface area contributed by atoms with Gasteiger partial charge in [-0.25, -0.2) is 4.98 Å². The monoisotopic (exact) mass is 354 g/mol. The lowest BCUT2D eigenvalue weighted by atomic mass is 9.95. The number of thiazole rings is 1. The molecule has 1 heterocycles. The molecule has 1 aliphatic carbocycles. The van der Waals surface area contributed by atoms with Crippen LogP contribution in [0.1, 0.15) is 18.4 Å². The van der Waals surface area contributed by atoms with Crippen molar-refractivity contribution in [3.8, 4) is 10.6 Å². The van der Waals surface area contributed by atoms with E-state index >= 15 is 0 Å². The van der Waals surface area contributed by atoms with E-state index in [4.69, 9.17) is 11.6 Å². The topological polar surface area (TPSA) is 42.0 Å². The van der Waals surface area contributed by atoms with Gasteiger partial charge in [-0.15, -0.1) is 11.3 Å². The average Bonchev–Trinajstić information content (AvgIpc) is 3.23. The van der Waals surface area contributed by atoms with Gasteiger partial charge in [0.25, 0.3) is 0 Å². The number of rotatable bonds is 4. The molecule has 0 spiro atoms. The second kappa shape index (κ2) is 6.04. The Morgan fingerprint density at radius 1 is 1.17 bits per heavy atom. The van der Waals surface area contributed by atoms with Crippen molar-refractivity contribution < 1.29 is 4.79 Å². The molecule has 4 rings (SSSR count). The summed E-state index contributed by atoms with van der Waals surface area (Å²) in [5.41, 5.74) is 2.42. The van der Waals surface area contributed by atoms with Gasteiger partial charge < -0.3 is 5.32 Å². The lowest BCUT2D eigenvalue weighted by Gasteiger charge is -2.16. The number of anilines is 1. The molecule has 0 saturated heterocycles. The molecule has 1 saturated carbocycles. The third kappa shape index (κ3) is 2.83. The fourth-order valence-corrected chi connectivity index (χ4v) is 3.71. The van der Waals surface area contributed by atoms with E-state index in [1.165, 1.54) is 0 Å². The summed E-state index contributed by atoms with van der Waals surface area (Å²) in [6.07, 6.45) is 3.50. The van der Waals surface area contributed by atoms with Gasteiger partial charge in [0, 0.05) is 27.9 Å². The van der Waals surface area contributed by atoms with Gasteiger partial charge in [0.15, 0.2) is 0 Å². The van der Waals surface area contributed by atoms with Crippen LogP contribution >= 0.6 is 22.9 Å². The van der Waals surface area contributed by atoms with Crippen molar-refractivity contribution >= 4 is 34.5 Å². The van der Waals surface area contributed by atoms with Gasteiger partial charge in [0.2, 0.25) is 5.91 Å². The summed E-state index contributed by atoms with van der Waals surface area (Å²) >= 11 is 7.67. The molecule has 24 heavy (non-hydrogen) atoms. The van der Waals surface area contributed by atoms with Crippen LogP contribution in [0.4, 0.5) is 5.69 Å². The van der Waals surface area contributed by atoms with Gasteiger partial charge in [-0.3, -0.25) is 4.79 Å². The fraction of sp³-hybridized carbons (Fsp3) is 0.158. The molecule has 1 aromatic heterocycles. The summed E-state index contributed by atoms with van der Waals surface area (Å²) in [6, 6.07) is 15.4. The lowest BCUT2D eigenvalue weighted by molar-refractivity contribution is -0.118. The van der Waals surface area contributed by atoms with Crippen LogP contribution in [-0.4, -0.2) is 10.9 Å². The van der Waals surface area contributed by atoms with E-state index in [1.807, 2.05) is 53.9 Å². The summed E-state index contributed by atoms with van der Waals surface area (Å²) in [4.78, 5) is 17.1. The molecule has 3 aromatic rings. The van der Waals surface area contributed by atoms with Crippen molar-refractivity contribution in [2.45, 2.75) is 18.3 Å². The van der Waals surface area contributed by atoms with E-state index in [9.17, 15) is 4.79 Å². The van der Waals surface area contributed by atoms with Gasteiger partial charge in [0.05, 0.1) is 5.41 Å². The van der Waals surface area contributed by atoms with E-state index in [1.54, 1.807) is 17.5 Å². The predicted octanol–water partition coefficient (Wildman–Crippen LogP) is 5.13. The average molecular weight is 355 g/mol. The molecule has 0 unspecified atom stereocenters. The van der Waals surface area contributed by atoms with Crippen molar-refractivity contribution in [1.29, 1.82) is 0 Å². The molecular weight excluding hydrogens is 340 g/mol. The first-order valence-electron chi connectivity index (χ1n) is 7.75. The number of carbonyl (C=O) groups excluding carboxylic acids is 1. The third-order valence-corrected chi connectivity index (χ3v) is 5.44. The van der Waals surface area contributed by atoms with E-state index in [-0.39, 0.29) is 5.91 Å². The highest BCUT2D eigenvalue weighted by atomic mass is 35.5. The zero-order valence-electron chi connectivity index (χ0n) is 12.8. The van der Waals surface area contributed by atoms with Crippen molar-refractivity contribution in [3.05, 3.63) is 70.7 Å². The maximum Gasteiger partial charge on any atom is 0.235 e. The number of amides is 1. The number of aromatic nitrogens is 1. The highest BCUT2D eigenvalue weighted by molar-refractivity contribution is 7.13. The third-order valence-electron chi connectivity index (χ3n) is 4.38. The van der Waals surface area contributed by atoms with Crippen molar-refractivity contribution in [2.24, 2.45) is 0 Å². The molecule has 5 heteroatoms. The Balaban J connectivity index is 1.52. The predicted molar refractivity (Wildman–Crippen MR) is 98.5 cm³/mol. The van der Waals surface area contributed by atoms with E-state index in [2.05, 4.69) is 10.3 Å². The molecule has 120 valence electrons. The molecule has 1 N–H and O–H groups in total. The molecule has 1 fully saturated rings. The zero-order valence-corrected chi connectivity index (χ0v) is 14.4. The van der Waals surface area contributed by atoms with Gasteiger partial charge in [-0.2, -0.15) is 0 Å². The first-order chi connectivity index (χ1) is 11.7. The fourth-order valence-electron chi connectivity index (χ4n) is 2.87. The van der Waals surface area contributed by atoms with Gasteiger partial charge >= 0.3 is 0 Å². The number of nitrogens with one attached hydrogen (secondary N) is 1. The number of hydrogen-bond donors (Lipinski definition) is 1. The summed E-state index contributed by atoms with van der Waals surface area (Å²) in [7, 11) is 0. The molecule has 0 atom stereocenters. The maximum atomic E-state index is 12.8. The van der Waals surface area contributed by atoms with Crippen molar-refractivity contribution in [1.82, 2.24) is 4.98 Å². The smallest absolute Gasteiger partial charge is 0.235 e. The van der Waals surface area contributed by atoms with Gasteiger partial charge in [0.1, 0.15) is 5.01 Å². The van der Waals surface area contributed by atoms with Crippen LogP contribution in [0.3, 0.4) is 0 Å². The Bertz CT molecular complexity index is 871. The molecule has 0 aliphatic heterocycles. The Morgan fingerprint density at radius 2 is 1.96 bits per heavy atom. The van der Waals surface area contributed by atoms with Crippen LogP contribution in [0.2, 0.25) is 5.02 Å². The van der Waals surface area contributed by atoms with Crippen molar-refractivity contribution in [3.63, 3.8) is 0 Å². The minimum Gasteiger partial charge on any atom is -0.325 e. The second-order valence-electron chi connectivity index (χ2n) is 5.96. The molecule has 0 bridgehead atoms. The van der Waals surface area contributed by atoms with Gasteiger partial charge in [-0.05, 0) is 54.8 Å². The highest BCUT2D eigenvalue weighted by Crippen LogP contribution is 2.49. The minimum absolute atomic E-state index is 0.0340. The Hall–Kier alpha value is -2.17. The number of benzene rings is 2. The van der Waals surface area contributed by atoms with E-state index in [0.29, 0.717) is 5.02 Å². The highest BCUT2D eigenvalue weighted by Gasteiger charge is 2.51. The van der Waals surface area contributed by atoms with Crippen LogP contribution in [0, 0.1) is 0 Å². The number of nitrogens with zero attached hydrogens (tertiary/aromatic N) is 1. The summed E-state index contributed by atoms with van der Waals surface area (Å²) in [6.45, 7) is 0. The number of hydrogen-bond acceptors (Lipinski definition) is 3. The zero-order chi connectivity index (χ0) is 16.6. The molecule has 1 aliphatic rings. The van der Waals surface area contributed by atoms with Crippen LogP contribution in [0.15, 0.2) is 60.1 Å². The summed E-state index contributed by atoms with van der Waals surface area (Å²) < 4.78 is 0. The van der Waals surface area contributed by atoms with E-state index < -0.39 is 5.41 Å². The number of carbonyl (C=O) groups is 1. The molecule has 1 amide bonds. The second-order valence-corrected chi connectivity index (χ2v) is 7.29. The molecule has 0 radical (unpaired) electrons. The standard InChI is InChI=1S/C19H15ClN2OS/c20-15-3-1-2-14(12-15)19(8-9-19)18(23)22-16-6-4-13(5-7-16)17-21-10-11-24-17/h1-7,10-12H,8-9H2,(H,22,23). The van der Waals surface area contributed by atoms with Crippen LogP contribution < -0.4 is 5.32 Å². The van der Waals surface area contributed by atoms with Crippen LogP contribution in [0.25, 0.3) is 10.6 Å². The molecule has 3 nitrogen and oxygen atoms in total.